The van der Waals surface area contributed by atoms with Gasteiger partial charge in [0.2, 0.25) is 0 Å². The summed E-state index contributed by atoms with van der Waals surface area (Å²) in [6, 6.07) is 9.44. The van der Waals surface area contributed by atoms with Crippen LogP contribution in [0, 0.1) is 0 Å². The van der Waals surface area contributed by atoms with Crippen molar-refractivity contribution in [3.05, 3.63) is 40.9 Å². The third kappa shape index (κ3) is 5.75. The topological polar surface area (TPSA) is 77.1 Å². The lowest BCUT2D eigenvalue weighted by atomic mass is 10.3. The van der Waals surface area contributed by atoms with Crippen LogP contribution in [0.25, 0.3) is 0 Å². The molecule has 0 bridgehead atoms. The average molecular weight is 459 g/mol. The summed E-state index contributed by atoms with van der Waals surface area (Å²) in [5.41, 5.74) is 0.396. The first-order valence-electron chi connectivity index (χ1n) is 8.08. The Labute approximate surface area is 168 Å². The normalized spacial score (nSPS) is 11.3. The zero-order valence-electron chi connectivity index (χ0n) is 15.7. The molecular weight excluding hydrogens is 436 g/mol. The second-order valence-electron chi connectivity index (χ2n) is 5.92. The van der Waals surface area contributed by atoms with E-state index >= 15 is 0 Å². The van der Waals surface area contributed by atoms with Crippen LogP contribution >= 0.6 is 15.9 Å². The smallest absolute Gasteiger partial charge is 0.262 e. The number of likely N-dealkylation sites (N-methyl/N-ethyl adjacent to an activating group) is 1. The molecule has 1 N–H and O–H groups in total. The summed E-state index contributed by atoms with van der Waals surface area (Å²) in [7, 11) is 3.04. The van der Waals surface area contributed by atoms with E-state index in [1.807, 2.05) is 19.0 Å². The highest BCUT2D eigenvalue weighted by Crippen LogP contribution is 2.32. The van der Waals surface area contributed by atoms with Crippen LogP contribution < -0.4 is 18.9 Å². The Morgan fingerprint density at radius 2 is 1.70 bits per heavy atom. The van der Waals surface area contributed by atoms with Crippen LogP contribution in [0.1, 0.15) is 0 Å². The van der Waals surface area contributed by atoms with Gasteiger partial charge in [0, 0.05) is 18.7 Å². The fraction of sp³-hybridized carbons (Fsp3) is 0.333. The first-order chi connectivity index (χ1) is 12.8. The summed E-state index contributed by atoms with van der Waals surface area (Å²) in [6.45, 7) is 1.23. The Morgan fingerprint density at radius 3 is 2.33 bits per heavy atom. The zero-order chi connectivity index (χ0) is 20.0. The molecule has 0 saturated carbocycles. The number of hydrogen-bond acceptors (Lipinski definition) is 6. The zero-order valence-corrected chi connectivity index (χ0v) is 18.1. The monoisotopic (exact) mass is 458 g/mol. The van der Waals surface area contributed by atoms with Crippen LogP contribution in [0.3, 0.4) is 0 Å². The number of rotatable bonds is 9. The molecule has 0 unspecified atom stereocenters. The largest absolute Gasteiger partial charge is 0.493 e. The molecule has 0 aliphatic carbocycles. The predicted octanol–water partition coefficient (Wildman–Crippen LogP) is 3.21. The van der Waals surface area contributed by atoms with Crippen molar-refractivity contribution < 1.29 is 22.6 Å². The van der Waals surface area contributed by atoms with Gasteiger partial charge in [-0.05, 0) is 54.3 Å². The Kier molecular flexibility index (Phi) is 7.34. The lowest BCUT2D eigenvalue weighted by molar-refractivity contribution is 0.260. The van der Waals surface area contributed by atoms with Gasteiger partial charge in [-0.2, -0.15) is 0 Å². The van der Waals surface area contributed by atoms with Crippen molar-refractivity contribution in [3.8, 4) is 17.2 Å². The van der Waals surface area contributed by atoms with Crippen molar-refractivity contribution in [2.75, 3.05) is 46.2 Å². The van der Waals surface area contributed by atoms with E-state index in [0.717, 1.165) is 11.0 Å². The number of nitrogens with one attached hydrogen (secondary N) is 1. The molecule has 0 fully saturated rings. The molecule has 2 rings (SSSR count). The van der Waals surface area contributed by atoms with Gasteiger partial charge in [-0.25, -0.2) is 8.42 Å². The van der Waals surface area contributed by atoms with Crippen molar-refractivity contribution in [2.24, 2.45) is 0 Å². The van der Waals surface area contributed by atoms with Gasteiger partial charge in [0.25, 0.3) is 10.0 Å². The van der Waals surface area contributed by atoms with Crippen molar-refractivity contribution in [1.82, 2.24) is 4.90 Å². The van der Waals surface area contributed by atoms with E-state index in [-0.39, 0.29) is 4.90 Å². The first-order valence-corrected chi connectivity index (χ1v) is 10.4. The van der Waals surface area contributed by atoms with Crippen molar-refractivity contribution in [2.45, 2.75) is 4.90 Å². The van der Waals surface area contributed by atoms with Crippen LogP contribution in [0.2, 0.25) is 0 Å². The van der Waals surface area contributed by atoms with E-state index in [0.29, 0.717) is 29.5 Å². The molecule has 0 saturated heterocycles. The van der Waals surface area contributed by atoms with Crippen molar-refractivity contribution >= 4 is 31.6 Å². The molecule has 0 atom stereocenters. The first kappa shape index (κ1) is 21.3. The van der Waals surface area contributed by atoms with Crippen molar-refractivity contribution in [3.63, 3.8) is 0 Å². The molecule has 2 aromatic rings. The number of methoxy groups -OCH3 is 2. The van der Waals surface area contributed by atoms with Crippen molar-refractivity contribution in [1.29, 1.82) is 0 Å². The van der Waals surface area contributed by atoms with Crippen LogP contribution in [-0.4, -0.2) is 54.8 Å². The molecule has 27 heavy (non-hydrogen) atoms. The molecule has 2 aromatic carbocycles. The molecule has 7 nitrogen and oxygen atoms in total. The molecule has 9 heteroatoms. The van der Waals surface area contributed by atoms with Crippen LogP contribution in [0.15, 0.2) is 45.8 Å². The van der Waals surface area contributed by atoms with E-state index < -0.39 is 10.0 Å². The summed E-state index contributed by atoms with van der Waals surface area (Å²) in [4.78, 5) is 2.07. The quantitative estimate of drug-likeness (QED) is 0.621. The highest BCUT2D eigenvalue weighted by atomic mass is 79.9. The average Bonchev–Trinajstić information content (AvgIpc) is 2.63. The molecule has 0 aromatic heterocycles. The molecule has 0 aliphatic rings. The number of nitrogens with zero attached hydrogens (tertiary/aromatic N) is 1. The molecule has 0 spiro atoms. The highest BCUT2D eigenvalue weighted by molar-refractivity contribution is 9.10. The predicted molar refractivity (Wildman–Crippen MR) is 109 cm³/mol. The molecule has 0 heterocycles. The molecular formula is C18H23BrN2O5S. The van der Waals surface area contributed by atoms with E-state index in [9.17, 15) is 8.42 Å². The highest BCUT2D eigenvalue weighted by Gasteiger charge is 2.18. The molecule has 0 amide bonds. The minimum atomic E-state index is -3.80. The summed E-state index contributed by atoms with van der Waals surface area (Å²) in [5.74, 6) is 1.35. The Morgan fingerprint density at radius 1 is 1.00 bits per heavy atom. The fourth-order valence-electron chi connectivity index (χ4n) is 2.21. The van der Waals surface area contributed by atoms with E-state index in [1.54, 1.807) is 24.3 Å². The maximum Gasteiger partial charge on any atom is 0.262 e. The second-order valence-corrected chi connectivity index (χ2v) is 8.46. The van der Waals surface area contributed by atoms with Gasteiger partial charge in [0.1, 0.15) is 12.4 Å². The van der Waals surface area contributed by atoms with Gasteiger partial charge in [-0.15, -0.1) is 0 Å². The maximum absolute atomic E-state index is 12.7. The van der Waals surface area contributed by atoms with E-state index in [1.165, 1.54) is 26.4 Å². The van der Waals surface area contributed by atoms with E-state index in [4.69, 9.17) is 14.2 Å². The Bertz CT molecular complexity index is 887. The van der Waals surface area contributed by atoms with E-state index in [2.05, 4.69) is 20.7 Å². The lowest BCUT2D eigenvalue weighted by Crippen LogP contribution is -2.19. The van der Waals surface area contributed by atoms with Crippen LogP contribution in [0.4, 0.5) is 5.69 Å². The summed E-state index contributed by atoms with van der Waals surface area (Å²) < 4.78 is 44.7. The van der Waals surface area contributed by atoms with Crippen LogP contribution in [-0.2, 0) is 10.0 Å². The molecule has 148 valence electrons. The molecule has 0 aliphatic heterocycles. The molecule has 0 radical (unpaired) electrons. The maximum atomic E-state index is 12.7. The van der Waals surface area contributed by atoms with Gasteiger partial charge < -0.3 is 19.1 Å². The number of sulfonamides is 1. The third-order valence-corrected chi connectivity index (χ3v) is 5.68. The number of halogens is 1. The number of hydrogen-bond donors (Lipinski definition) is 1. The summed E-state index contributed by atoms with van der Waals surface area (Å²) in [6.07, 6.45) is 0. The fourth-order valence-corrected chi connectivity index (χ4v) is 3.64. The standard InChI is InChI=1S/C18H23BrN2O5S/c1-21(2)9-10-26-17-11-13(5-7-15(17)19)20-27(22,23)14-6-8-16(24-3)18(12-14)25-4/h5-8,11-12,20H,9-10H2,1-4H3. The van der Waals surface area contributed by atoms with Gasteiger partial charge >= 0.3 is 0 Å². The van der Waals surface area contributed by atoms with Crippen LogP contribution in [0.5, 0.6) is 17.2 Å². The lowest BCUT2D eigenvalue weighted by Gasteiger charge is -2.14. The number of benzene rings is 2. The summed E-state index contributed by atoms with van der Waals surface area (Å²) in [5, 5.41) is 0. The minimum Gasteiger partial charge on any atom is -0.493 e. The Balaban J connectivity index is 2.22. The SMILES string of the molecule is COc1ccc(S(=O)(=O)Nc2ccc(Br)c(OCCN(C)C)c2)cc1OC. The minimum absolute atomic E-state index is 0.0677. The van der Waals surface area contributed by atoms with Gasteiger partial charge in [0.15, 0.2) is 11.5 Å². The third-order valence-electron chi connectivity index (χ3n) is 3.64. The Hall–Kier alpha value is -1.97. The van der Waals surface area contributed by atoms with Gasteiger partial charge in [0.05, 0.1) is 29.3 Å². The number of anilines is 1. The van der Waals surface area contributed by atoms with Gasteiger partial charge in [-0.3, -0.25) is 4.72 Å². The summed E-state index contributed by atoms with van der Waals surface area (Å²) >= 11 is 3.41. The second kappa shape index (κ2) is 9.29. The van der Waals surface area contributed by atoms with Gasteiger partial charge in [-0.1, -0.05) is 0 Å². The number of ether oxygens (including phenoxy) is 3.